The van der Waals surface area contributed by atoms with Gasteiger partial charge in [-0.05, 0) is 72.4 Å². The van der Waals surface area contributed by atoms with Gasteiger partial charge in [-0.3, -0.25) is 4.79 Å². The van der Waals surface area contributed by atoms with E-state index in [2.05, 4.69) is 47.0 Å². The first-order valence-corrected chi connectivity index (χ1v) is 11.7. The monoisotopic (exact) mass is 472 g/mol. The van der Waals surface area contributed by atoms with Crippen molar-refractivity contribution in [3.05, 3.63) is 96.6 Å². The molecule has 1 heterocycles. The molecule has 0 aliphatic carbocycles. The van der Waals surface area contributed by atoms with Gasteiger partial charge < -0.3 is 10.6 Å². The van der Waals surface area contributed by atoms with E-state index < -0.39 is 0 Å². The van der Waals surface area contributed by atoms with Crippen molar-refractivity contribution in [1.82, 2.24) is 9.97 Å². The van der Waals surface area contributed by atoms with Crippen LogP contribution in [0.1, 0.15) is 17.3 Å². The Labute approximate surface area is 206 Å². The minimum atomic E-state index is 0.0304. The summed E-state index contributed by atoms with van der Waals surface area (Å²) >= 11 is 5.49. The van der Waals surface area contributed by atoms with Crippen molar-refractivity contribution in [2.24, 2.45) is 0 Å². The number of thiocarbonyl (C=S) groups is 1. The van der Waals surface area contributed by atoms with Gasteiger partial charge in [0.2, 0.25) is 0 Å². The number of carbonyl (C=O) groups is 1. The maximum absolute atomic E-state index is 11.5. The molecule has 5 aromatic carbocycles. The number of Topliss-reactive ketones (excluding diaryl/α,β-unsaturated/α-hetero) is 1. The number of fused-ring (bicyclic) bond motifs is 7. The normalized spacial score (nSPS) is 11.2. The van der Waals surface area contributed by atoms with Gasteiger partial charge in [-0.15, -0.1) is 0 Å². The molecule has 2 N–H and O–H groups in total. The number of rotatable bonds is 3. The number of benzene rings is 5. The predicted octanol–water partition coefficient (Wildman–Crippen LogP) is 7.10. The van der Waals surface area contributed by atoms with Gasteiger partial charge in [-0.25, -0.2) is 9.97 Å². The van der Waals surface area contributed by atoms with Gasteiger partial charge in [0.15, 0.2) is 10.9 Å². The third-order valence-electron chi connectivity index (χ3n) is 6.13. The molecule has 0 saturated heterocycles. The first kappa shape index (κ1) is 21.1. The minimum Gasteiger partial charge on any atom is -0.332 e. The van der Waals surface area contributed by atoms with E-state index in [1.54, 1.807) is 19.1 Å². The molecule has 0 amide bonds. The molecular weight excluding hydrogens is 452 g/mol. The Morgan fingerprint density at radius 1 is 0.657 bits per heavy atom. The third-order valence-corrected chi connectivity index (χ3v) is 6.33. The topological polar surface area (TPSA) is 66.9 Å². The van der Waals surface area contributed by atoms with Gasteiger partial charge in [0, 0.05) is 27.7 Å². The van der Waals surface area contributed by atoms with Gasteiger partial charge >= 0.3 is 0 Å². The first-order chi connectivity index (χ1) is 17.1. The van der Waals surface area contributed by atoms with E-state index in [9.17, 15) is 4.79 Å². The standard InChI is InChI=1S/C29H20N4OS/c1-17(34)18-10-12-19(13-11-18)30-29(35)31-20-14-15-25-26(16-20)33-28-24-9-5-3-7-22(24)21-6-2-4-8-23(21)27(28)32-25/h2-16H,1H3,(H2,30,31,35). The molecule has 0 fully saturated rings. The van der Waals surface area contributed by atoms with E-state index in [-0.39, 0.29) is 5.78 Å². The van der Waals surface area contributed by atoms with E-state index in [0.29, 0.717) is 10.7 Å². The molecule has 6 rings (SSSR count). The third kappa shape index (κ3) is 3.84. The average Bonchev–Trinajstić information content (AvgIpc) is 2.88. The number of carbonyl (C=O) groups excluding carboxylic acids is 1. The smallest absolute Gasteiger partial charge is 0.175 e. The number of hydrogen-bond acceptors (Lipinski definition) is 4. The zero-order valence-electron chi connectivity index (χ0n) is 18.9. The lowest BCUT2D eigenvalue weighted by Gasteiger charge is -2.12. The van der Waals surface area contributed by atoms with Crippen LogP contribution in [0.3, 0.4) is 0 Å². The van der Waals surface area contributed by atoms with Crippen LogP contribution in [0.15, 0.2) is 91.0 Å². The number of nitrogens with zero attached hydrogens (tertiary/aromatic N) is 2. The summed E-state index contributed by atoms with van der Waals surface area (Å²) < 4.78 is 0. The van der Waals surface area contributed by atoms with Crippen molar-refractivity contribution in [1.29, 1.82) is 0 Å². The lowest BCUT2D eigenvalue weighted by Crippen LogP contribution is -2.19. The quantitative estimate of drug-likeness (QED) is 0.124. The van der Waals surface area contributed by atoms with E-state index >= 15 is 0 Å². The average molecular weight is 473 g/mol. The van der Waals surface area contributed by atoms with Crippen LogP contribution in [0.5, 0.6) is 0 Å². The summed E-state index contributed by atoms with van der Waals surface area (Å²) in [7, 11) is 0. The molecule has 1 aromatic heterocycles. The maximum atomic E-state index is 11.5. The van der Waals surface area contributed by atoms with Crippen LogP contribution in [0.25, 0.3) is 43.6 Å². The SMILES string of the molecule is CC(=O)c1ccc(NC(=S)Nc2ccc3nc4c5ccccc5c5ccccc5c4nc3c2)cc1. The highest BCUT2D eigenvalue weighted by Gasteiger charge is 2.12. The number of ketones is 1. The molecule has 0 atom stereocenters. The summed E-state index contributed by atoms with van der Waals surface area (Å²) in [5, 5.41) is 11.3. The molecule has 0 saturated carbocycles. The second kappa shape index (κ2) is 8.42. The predicted molar refractivity (Wildman–Crippen MR) is 148 cm³/mol. The molecule has 5 nitrogen and oxygen atoms in total. The summed E-state index contributed by atoms with van der Waals surface area (Å²) in [5.74, 6) is 0.0304. The fourth-order valence-electron chi connectivity index (χ4n) is 4.44. The van der Waals surface area contributed by atoms with Crippen LogP contribution in [0, 0.1) is 0 Å². The minimum absolute atomic E-state index is 0.0304. The van der Waals surface area contributed by atoms with Crippen LogP contribution >= 0.6 is 12.2 Å². The van der Waals surface area contributed by atoms with E-state index in [4.69, 9.17) is 22.2 Å². The van der Waals surface area contributed by atoms with Gasteiger partial charge in [0.25, 0.3) is 0 Å². The van der Waals surface area contributed by atoms with E-state index in [1.165, 1.54) is 10.8 Å². The van der Waals surface area contributed by atoms with Crippen molar-refractivity contribution in [2.75, 3.05) is 10.6 Å². The van der Waals surface area contributed by atoms with Crippen LogP contribution in [-0.2, 0) is 0 Å². The number of nitrogens with one attached hydrogen (secondary N) is 2. The number of aromatic nitrogens is 2. The molecule has 168 valence electrons. The zero-order valence-corrected chi connectivity index (χ0v) is 19.7. The Hall–Kier alpha value is -4.42. The summed E-state index contributed by atoms with van der Waals surface area (Å²) in [5.41, 5.74) is 5.68. The Morgan fingerprint density at radius 2 is 1.17 bits per heavy atom. The fourth-order valence-corrected chi connectivity index (χ4v) is 4.67. The van der Waals surface area contributed by atoms with E-state index in [0.717, 1.165) is 44.2 Å². The highest BCUT2D eigenvalue weighted by atomic mass is 32.1. The Bertz CT molecular complexity index is 1790. The van der Waals surface area contributed by atoms with Crippen LogP contribution in [-0.4, -0.2) is 20.9 Å². The first-order valence-electron chi connectivity index (χ1n) is 11.3. The Morgan fingerprint density at radius 3 is 1.77 bits per heavy atom. The second-order valence-electron chi connectivity index (χ2n) is 8.43. The highest BCUT2D eigenvalue weighted by Crippen LogP contribution is 2.34. The summed E-state index contributed by atoms with van der Waals surface area (Å²) in [6.45, 7) is 1.55. The molecule has 6 heteroatoms. The number of hydrogen-bond donors (Lipinski definition) is 2. The molecule has 0 aliphatic heterocycles. The van der Waals surface area contributed by atoms with Gasteiger partial charge in [0.1, 0.15) is 0 Å². The fraction of sp³-hybridized carbons (Fsp3) is 0.0345. The Balaban J connectivity index is 1.38. The lowest BCUT2D eigenvalue weighted by atomic mass is 9.99. The highest BCUT2D eigenvalue weighted by molar-refractivity contribution is 7.80. The van der Waals surface area contributed by atoms with E-state index in [1.807, 2.05) is 42.5 Å². The summed E-state index contributed by atoms with van der Waals surface area (Å²) in [6.07, 6.45) is 0. The van der Waals surface area contributed by atoms with Gasteiger partial charge in [-0.2, -0.15) is 0 Å². The van der Waals surface area contributed by atoms with Crippen molar-refractivity contribution in [3.63, 3.8) is 0 Å². The lowest BCUT2D eigenvalue weighted by molar-refractivity contribution is 0.101. The molecule has 0 unspecified atom stereocenters. The van der Waals surface area contributed by atoms with Gasteiger partial charge in [0.05, 0.1) is 22.1 Å². The van der Waals surface area contributed by atoms with Crippen LogP contribution < -0.4 is 10.6 Å². The molecule has 0 radical (unpaired) electrons. The van der Waals surface area contributed by atoms with Crippen molar-refractivity contribution < 1.29 is 4.79 Å². The molecule has 6 aromatic rings. The maximum Gasteiger partial charge on any atom is 0.175 e. The largest absolute Gasteiger partial charge is 0.332 e. The summed E-state index contributed by atoms with van der Waals surface area (Å²) in [4.78, 5) is 21.5. The van der Waals surface area contributed by atoms with Crippen molar-refractivity contribution >= 4 is 78.1 Å². The van der Waals surface area contributed by atoms with Gasteiger partial charge in [-0.1, -0.05) is 48.5 Å². The second-order valence-corrected chi connectivity index (χ2v) is 8.84. The Kier molecular flexibility index (Phi) is 5.08. The van der Waals surface area contributed by atoms with Crippen molar-refractivity contribution in [3.8, 4) is 0 Å². The molecule has 0 spiro atoms. The molecule has 35 heavy (non-hydrogen) atoms. The van der Waals surface area contributed by atoms with Crippen LogP contribution in [0.2, 0.25) is 0 Å². The van der Waals surface area contributed by atoms with Crippen molar-refractivity contribution in [2.45, 2.75) is 6.92 Å². The molecular formula is C29H20N4OS. The number of anilines is 2. The summed E-state index contributed by atoms with van der Waals surface area (Å²) in [6, 6.07) is 29.7. The molecule has 0 aliphatic rings. The zero-order chi connectivity index (χ0) is 23.9. The van der Waals surface area contributed by atoms with Crippen LogP contribution in [0.4, 0.5) is 11.4 Å². The molecule has 0 bridgehead atoms.